The maximum atomic E-state index is 11.4. The Kier molecular flexibility index (Phi) is 6.61. The Morgan fingerprint density at radius 2 is 2.19 bits per heavy atom. The van der Waals surface area contributed by atoms with E-state index in [2.05, 4.69) is 58.3 Å². The predicted octanol–water partition coefficient (Wildman–Crippen LogP) is 3.81. The van der Waals surface area contributed by atoms with Crippen molar-refractivity contribution >= 4 is 35.6 Å². The SMILES string of the molecule is C=N/C(=C\C(=C/C)Oc1cnc2nc(Nc3cc4n(n3)CCCC4(C)C)n(C)c2c1C#N)NC(C)=O. The molecule has 0 spiro atoms. The topological polar surface area (TPSA) is 135 Å². The normalized spacial score (nSPS) is 15.2. The largest absolute Gasteiger partial charge is 0.454 e. The maximum Gasteiger partial charge on any atom is 0.222 e. The number of aliphatic imine (C=N–C) groups is 1. The first kappa shape index (κ1) is 24.7. The lowest BCUT2D eigenvalue weighted by molar-refractivity contribution is -0.118. The van der Waals surface area contributed by atoms with Crippen molar-refractivity contribution in [3.63, 3.8) is 0 Å². The van der Waals surface area contributed by atoms with Gasteiger partial charge in [-0.25, -0.2) is 9.98 Å². The zero-order valence-electron chi connectivity index (χ0n) is 21.1. The Bertz CT molecular complexity index is 1450. The molecule has 4 rings (SSSR count). The quantitative estimate of drug-likeness (QED) is 0.294. The zero-order chi connectivity index (χ0) is 26.0. The second-order valence-electron chi connectivity index (χ2n) is 9.19. The van der Waals surface area contributed by atoms with Crippen molar-refractivity contribution in [2.24, 2.45) is 12.0 Å². The van der Waals surface area contributed by atoms with Crippen molar-refractivity contribution in [1.29, 1.82) is 5.26 Å². The van der Waals surface area contributed by atoms with Gasteiger partial charge >= 0.3 is 0 Å². The summed E-state index contributed by atoms with van der Waals surface area (Å²) in [6.07, 6.45) is 6.84. The van der Waals surface area contributed by atoms with Crippen molar-refractivity contribution in [2.75, 3.05) is 5.32 Å². The highest BCUT2D eigenvalue weighted by atomic mass is 16.5. The van der Waals surface area contributed by atoms with E-state index in [1.165, 1.54) is 24.9 Å². The van der Waals surface area contributed by atoms with Crippen LogP contribution in [-0.4, -0.2) is 36.9 Å². The van der Waals surface area contributed by atoms with Gasteiger partial charge in [0.15, 0.2) is 17.2 Å². The third-order valence-corrected chi connectivity index (χ3v) is 6.13. The number of aryl methyl sites for hydroxylation is 2. The van der Waals surface area contributed by atoms with E-state index in [9.17, 15) is 10.1 Å². The lowest BCUT2D eigenvalue weighted by Gasteiger charge is -2.30. The molecular weight excluding hydrogens is 458 g/mol. The summed E-state index contributed by atoms with van der Waals surface area (Å²) >= 11 is 0. The second-order valence-corrected chi connectivity index (χ2v) is 9.19. The molecule has 0 aromatic carbocycles. The van der Waals surface area contributed by atoms with E-state index in [0.29, 0.717) is 28.7 Å². The van der Waals surface area contributed by atoms with E-state index in [4.69, 9.17) is 9.84 Å². The number of rotatable bonds is 7. The van der Waals surface area contributed by atoms with Crippen LogP contribution in [0.4, 0.5) is 11.8 Å². The Hall–Kier alpha value is -4.46. The monoisotopic (exact) mass is 487 g/mol. The van der Waals surface area contributed by atoms with E-state index in [1.807, 2.05) is 4.68 Å². The van der Waals surface area contributed by atoms with Gasteiger partial charge in [-0.15, -0.1) is 0 Å². The second kappa shape index (κ2) is 9.65. The van der Waals surface area contributed by atoms with Crippen LogP contribution in [0.25, 0.3) is 11.2 Å². The number of allylic oxidation sites excluding steroid dienone is 2. The molecule has 1 aliphatic heterocycles. The number of nitriles is 1. The summed E-state index contributed by atoms with van der Waals surface area (Å²) in [6, 6.07) is 4.26. The number of pyridine rings is 1. The summed E-state index contributed by atoms with van der Waals surface area (Å²) in [4.78, 5) is 24.2. The summed E-state index contributed by atoms with van der Waals surface area (Å²) in [6.45, 7) is 11.9. The molecule has 0 aliphatic carbocycles. The van der Waals surface area contributed by atoms with Crippen LogP contribution in [0.2, 0.25) is 0 Å². The van der Waals surface area contributed by atoms with Gasteiger partial charge in [-0.2, -0.15) is 15.3 Å². The van der Waals surface area contributed by atoms with Crippen LogP contribution in [0.3, 0.4) is 0 Å². The lowest BCUT2D eigenvalue weighted by atomic mass is 9.82. The van der Waals surface area contributed by atoms with Gasteiger partial charge in [0.2, 0.25) is 11.9 Å². The molecule has 3 aromatic rings. The molecule has 11 heteroatoms. The number of anilines is 2. The van der Waals surface area contributed by atoms with Crippen molar-refractivity contribution in [2.45, 2.75) is 52.5 Å². The molecule has 1 aliphatic rings. The molecule has 4 heterocycles. The third kappa shape index (κ3) is 4.70. The minimum absolute atomic E-state index is 0.0547. The van der Waals surface area contributed by atoms with Crippen LogP contribution < -0.4 is 15.4 Å². The number of hydrogen-bond donors (Lipinski definition) is 2. The van der Waals surface area contributed by atoms with Crippen molar-refractivity contribution in [3.05, 3.63) is 47.3 Å². The fourth-order valence-electron chi connectivity index (χ4n) is 4.29. The van der Waals surface area contributed by atoms with Gasteiger partial charge in [-0.1, -0.05) is 13.8 Å². The highest BCUT2D eigenvalue weighted by Gasteiger charge is 2.29. The molecule has 0 bridgehead atoms. The smallest absolute Gasteiger partial charge is 0.222 e. The number of nitrogens with one attached hydrogen (secondary N) is 2. The van der Waals surface area contributed by atoms with Crippen LogP contribution in [0.15, 0.2) is 41.0 Å². The van der Waals surface area contributed by atoms with Gasteiger partial charge < -0.3 is 19.9 Å². The van der Waals surface area contributed by atoms with Gasteiger partial charge in [-0.05, 0) is 32.6 Å². The summed E-state index contributed by atoms with van der Waals surface area (Å²) in [5.41, 5.74) is 2.43. The molecule has 0 radical (unpaired) electrons. The van der Waals surface area contributed by atoms with E-state index < -0.39 is 0 Å². The highest BCUT2D eigenvalue weighted by Crippen LogP contribution is 2.35. The molecule has 0 fully saturated rings. The minimum atomic E-state index is -0.290. The van der Waals surface area contributed by atoms with Crippen molar-refractivity contribution in [1.82, 2.24) is 29.6 Å². The van der Waals surface area contributed by atoms with Crippen molar-refractivity contribution < 1.29 is 9.53 Å². The van der Waals surface area contributed by atoms with Gasteiger partial charge in [0.25, 0.3) is 0 Å². The van der Waals surface area contributed by atoms with Gasteiger partial charge in [0, 0.05) is 43.8 Å². The van der Waals surface area contributed by atoms with Crippen LogP contribution >= 0.6 is 0 Å². The molecule has 0 atom stereocenters. The third-order valence-electron chi connectivity index (χ3n) is 6.13. The fraction of sp³-hybridized carbons (Fsp3) is 0.360. The average molecular weight is 488 g/mol. The Morgan fingerprint density at radius 3 is 2.83 bits per heavy atom. The molecule has 0 unspecified atom stereocenters. The zero-order valence-corrected chi connectivity index (χ0v) is 21.1. The molecule has 1 amide bonds. The first-order chi connectivity index (χ1) is 17.2. The van der Waals surface area contributed by atoms with E-state index in [1.54, 1.807) is 24.6 Å². The Morgan fingerprint density at radius 1 is 1.42 bits per heavy atom. The number of imidazole rings is 1. The van der Waals surface area contributed by atoms with E-state index in [-0.39, 0.29) is 28.5 Å². The number of carbonyl (C=O) groups excluding carboxylic acids is 1. The number of hydrogen-bond acceptors (Lipinski definition) is 8. The molecule has 36 heavy (non-hydrogen) atoms. The molecule has 3 aromatic heterocycles. The van der Waals surface area contributed by atoms with Gasteiger partial charge in [-0.3, -0.25) is 9.48 Å². The summed E-state index contributed by atoms with van der Waals surface area (Å²) in [5.74, 6) is 1.74. The van der Waals surface area contributed by atoms with Crippen LogP contribution in [-0.2, 0) is 23.8 Å². The highest BCUT2D eigenvalue weighted by molar-refractivity contribution is 5.84. The van der Waals surface area contributed by atoms with Gasteiger partial charge in [0.05, 0.1) is 6.20 Å². The van der Waals surface area contributed by atoms with E-state index in [0.717, 1.165) is 19.4 Å². The molecule has 0 saturated heterocycles. The number of fused-ring (bicyclic) bond motifs is 2. The molecule has 186 valence electrons. The first-order valence-corrected chi connectivity index (χ1v) is 11.6. The standard InChI is InChI=1S/C25H29N9O2/c1-7-16(11-20(27-5)29-15(2)35)36-18-14-28-23-22(17(18)13-26)33(6)24(31-23)30-21-12-19-25(3,4)9-8-10-34(19)32-21/h7,11-12,14H,5,8-10H2,1-4,6H3,(H,29,35)(H,28,30,31,32)/b16-7+,20-11+. The Labute approximate surface area is 209 Å². The number of aromatic nitrogens is 5. The van der Waals surface area contributed by atoms with Crippen LogP contribution in [0.1, 0.15) is 51.8 Å². The lowest BCUT2D eigenvalue weighted by Crippen LogP contribution is -2.27. The van der Waals surface area contributed by atoms with E-state index >= 15 is 0 Å². The number of carbonyl (C=O) groups is 1. The summed E-state index contributed by atoms with van der Waals surface area (Å²) in [7, 11) is 1.80. The van der Waals surface area contributed by atoms with Crippen molar-refractivity contribution in [3.8, 4) is 11.8 Å². The Balaban J connectivity index is 1.67. The molecule has 2 N–H and O–H groups in total. The minimum Gasteiger partial charge on any atom is -0.454 e. The summed E-state index contributed by atoms with van der Waals surface area (Å²) in [5, 5.41) is 20.5. The molecule has 0 saturated carbocycles. The number of ether oxygens (including phenoxy) is 1. The predicted molar refractivity (Wildman–Crippen MR) is 137 cm³/mol. The first-order valence-electron chi connectivity index (χ1n) is 11.6. The van der Waals surface area contributed by atoms with Gasteiger partial charge in [0.1, 0.15) is 28.7 Å². The maximum absolute atomic E-state index is 11.4. The average Bonchev–Trinajstić information content (AvgIpc) is 3.39. The fourth-order valence-corrected chi connectivity index (χ4v) is 4.29. The number of amides is 1. The van der Waals surface area contributed by atoms with Crippen LogP contribution in [0, 0.1) is 11.3 Å². The molecular formula is C25H29N9O2. The van der Waals surface area contributed by atoms with Crippen LogP contribution in [0.5, 0.6) is 5.75 Å². The number of nitrogens with zero attached hydrogens (tertiary/aromatic N) is 7. The molecule has 11 nitrogen and oxygen atoms in total. The summed E-state index contributed by atoms with van der Waals surface area (Å²) < 4.78 is 9.75.